The van der Waals surface area contributed by atoms with E-state index in [0.29, 0.717) is 54.6 Å². The van der Waals surface area contributed by atoms with E-state index in [1.54, 1.807) is 34.9 Å². The number of nitrogens with zero attached hydrogens (tertiary/aromatic N) is 3. The van der Waals surface area contributed by atoms with Crippen molar-refractivity contribution in [3.63, 3.8) is 0 Å². The minimum Gasteiger partial charge on any atom is -0.338 e. The number of hydrogen-bond donors (Lipinski definition) is 1. The fourth-order valence-electron chi connectivity index (χ4n) is 2.99. The van der Waals surface area contributed by atoms with Crippen LogP contribution >= 0.6 is 23.2 Å². The van der Waals surface area contributed by atoms with Crippen molar-refractivity contribution in [2.45, 2.75) is 25.8 Å². The van der Waals surface area contributed by atoms with Crippen molar-refractivity contribution < 1.29 is 9.59 Å². The summed E-state index contributed by atoms with van der Waals surface area (Å²) in [5, 5.41) is 12.9. The van der Waals surface area contributed by atoms with Crippen LogP contribution in [0, 0.1) is 28.6 Å². The molecule has 28 heavy (non-hydrogen) atoms. The van der Waals surface area contributed by atoms with E-state index in [9.17, 15) is 9.59 Å². The van der Waals surface area contributed by atoms with Crippen LogP contribution in [0.3, 0.4) is 0 Å². The SMILES string of the molecule is C[C@@H](C#Cc1ccc(Cl)c(Cl)c1)NC(=O)N1CCN(C(=O)C2(C#N)CC2)CC1. The number of carbonyl (C=O) groups is 2. The van der Waals surface area contributed by atoms with E-state index in [4.69, 9.17) is 28.5 Å². The molecule has 1 aromatic carbocycles. The highest BCUT2D eigenvalue weighted by Gasteiger charge is 2.52. The van der Waals surface area contributed by atoms with Crippen LogP contribution in [0.4, 0.5) is 4.79 Å². The summed E-state index contributed by atoms with van der Waals surface area (Å²) in [4.78, 5) is 28.1. The molecule has 0 unspecified atom stereocenters. The summed E-state index contributed by atoms with van der Waals surface area (Å²) in [6.45, 7) is 3.56. The van der Waals surface area contributed by atoms with E-state index in [1.165, 1.54) is 0 Å². The Labute approximate surface area is 174 Å². The molecular weight excluding hydrogens is 399 g/mol. The topological polar surface area (TPSA) is 76.4 Å². The molecule has 3 amide bonds. The summed E-state index contributed by atoms with van der Waals surface area (Å²) in [5.74, 6) is 5.83. The van der Waals surface area contributed by atoms with E-state index in [1.807, 2.05) is 0 Å². The normalized spacial score (nSPS) is 18.4. The third-order valence-corrected chi connectivity index (χ3v) is 5.66. The number of nitrogens with one attached hydrogen (secondary N) is 1. The summed E-state index contributed by atoms with van der Waals surface area (Å²) in [7, 11) is 0. The van der Waals surface area contributed by atoms with Crippen LogP contribution in [0.2, 0.25) is 10.0 Å². The lowest BCUT2D eigenvalue weighted by atomic mass is 10.1. The first-order valence-corrected chi connectivity index (χ1v) is 9.83. The molecule has 0 bridgehead atoms. The molecule has 0 aromatic heterocycles. The smallest absolute Gasteiger partial charge is 0.318 e. The van der Waals surface area contributed by atoms with Crippen LogP contribution in [0.1, 0.15) is 25.3 Å². The van der Waals surface area contributed by atoms with Gasteiger partial charge in [0.1, 0.15) is 5.41 Å². The fourth-order valence-corrected chi connectivity index (χ4v) is 3.29. The lowest BCUT2D eigenvalue weighted by Crippen LogP contribution is -2.55. The fraction of sp³-hybridized carbons (Fsp3) is 0.450. The summed E-state index contributed by atoms with van der Waals surface area (Å²) in [6.07, 6.45) is 1.27. The number of benzene rings is 1. The molecule has 146 valence electrons. The number of rotatable bonds is 2. The second kappa shape index (κ2) is 8.31. The molecule has 1 saturated carbocycles. The Morgan fingerprint density at radius 3 is 2.36 bits per heavy atom. The third-order valence-electron chi connectivity index (χ3n) is 4.92. The van der Waals surface area contributed by atoms with Gasteiger partial charge in [0, 0.05) is 31.7 Å². The molecule has 2 aliphatic rings. The first kappa shape index (κ1) is 20.3. The highest BCUT2D eigenvalue weighted by Crippen LogP contribution is 2.46. The minimum atomic E-state index is -0.806. The molecule has 8 heteroatoms. The standard InChI is InChI=1S/C20H20Cl2N4O2/c1-14(2-3-15-4-5-16(21)17(22)12-15)24-19(28)26-10-8-25(9-11-26)18(27)20(13-23)6-7-20/h4-5,12,14H,6-11H2,1H3,(H,24,28)/t14-/m0/s1. The van der Waals surface area contributed by atoms with Crippen LogP contribution in [0.5, 0.6) is 0 Å². The Morgan fingerprint density at radius 1 is 1.14 bits per heavy atom. The average Bonchev–Trinajstić information content (AvgIpc) is 3.50. The molecule has 0 radical (unpaired) electrons. The predicted molar refractivity (Wildman–Crippen MR) is 107 cm³/mol. The van der Waals surface area contributed by atoms with Crippen LogP contribution in [0.25, 0.3) is 0 Å². The van der Waals surface area contributed by atoms with Crippen molar-refractivity contribution in [1.29, 1.82) is 5.26 Å². The maximum atomic E-state index is 12.4. The highest BCUT2D eigenvalue weighted by atomic mass is 35.5. The summed E-state index contributed by atoms with van der Waals surface area (Å²) in [5.41, 5.74) is -0.0897. The van der Waals surface area contributed by atoms with E-state index < -0.39 is 5.41 Å². The maximum absolute atomic E-state index is 12.4. The predicted octanol–water partition coefficient (Wildman–Crippen LogP) is 2.89. The lowest BCUT2D eigenvalue weighted by molar-refractivity contribution is -0.136. The van der Waals surface area contributed by atoms with Gasteiger partial charge in [-0.25, -0.2) is 4.79 Å². The monoisotopic (exact) mass is 418 g/mol. The number of urea groups is 1. The van der Waals surface area contributed by atoms with Gasteiger partial charge in [-0.15, -0.1) is 0 Å². The molecule has 1 saturated heterocycles. The quantitative estimate of drug-likeness (QED) is 0.749. The van der Waals surface area contributed by atoms with Gasteiger partial charge >= 0.3 is 6.03 Å². The Kier molecular flexibility index (Phi) is 6.03. The van der Waals surface area contributed by atoms with Crippen molar-refractivity contribution in [3.8, 4) is 17.9 Å². The van der Waals surface area contributed by atoms with Crippen LogP contribution in [-0.2, 0) is 4.79 Å². The van der Waals surface area contributed by atoms with Gasteiger partial charge in [-0.3, -0.25) is 4.79 Å². The minimum absolute atomic E-state index is 0.101. The molecule has 1 aliphatic carbocycles. The zero-order valence-electron chi connectivity index (χ0n) is 15.5. The van der Waals surface area contributed by atoms with Gasteiger partial charge in [-0.2, -0.15) is 5.26 Å². The number of hydrogen-bond acceptors (Lipinski definition) is 3. The van der Waals surface area contributed by atoms with E-state index in [2.05, 4.69) is 23.2 Å². The number of carbonyl (C=O) groups excluding carboxylic acids is 2. The van der Waals surface area contributed by atoms with Crippen LogP contribution in [-0.4, -0.2) is 54.0 Å². The maximum Gasteiger partial charge on any atom is 0.318 e. The number of piperazine rings is 1. The van der Waals surface area contributed by atoms with E-state index >= 15 is 0 Å². The van der Waals surface area contributed by atoms with Crippen molar-refractivity contribution in [3.05, 3.63) is 33.8 Å². The van der Waals surface area contributed by atoms with Gasteiger partial charge in [-0.1, -0.05) is 35.0 Å². The Balaban J connectivity index is 1.49. The Hall–Kier alpha value is -2.41. The molecule has 6 nitrogen and oxygen atoms in total. The van der Waals surface area contributed by atoms with Gasteiger partial charge in [0.15, 0.2) is 0 Å². The number of nitriles is 1. The molecule has 1 N–H and O–H groups in total. The highest BCUT2D eigenvalue weighted by molar-refractivity contribution is 6.42. The molecule has 3 rings (SSSR count). The van der Waals surface area contributed by atoms with Gasteiger partial charge in [0.05, 0.1) is 22.2 Å². The van der Waals surface area contributed by atoms with Gasteiger partial charge < -0.3 is 15.1 Å². The summed E-state index contributed by atoms with van der Waals surface area (Å²) < 4.78 is 0. The van der Waals surface area contributed by atoms with Crippen molar-refractivity contribution in [1.82, 2.24) is 15.1 Å². The third kappa shape index (κ3) is 4.52. The van der Waals surface area contributed by atoms with Crippen LogP contribution in [0.15, 0.2) is 18.2 Å². The van der Waals surface area contributed by atoms with Gasteiger partial charge in [0.25, 0.3) is 0 Å². The van der Waals surface area contributed by atoms with Crippen molar-refractivity contribution >= 4 is 35.1 Å². The van der Waals surface area contributed by atoms with Crippen molar-refractivity contribution in [2.24, 2.45) is 5.41 Å². The molecule has 1 aromatic rings. The first-order valence-electron chi connectivity index (χ1n) is 9.07. The number of halogens is 2. The molecule has 0 spiro atoms. The van der Waals surface area contributed by atoms with Gasteiger partial charge in [-0.05, 0) is 38.0 Å². The molecule has 1 aliphatic heterocycles. The molecule has 1 heterocycles. The van der Waals surface area contributed by atoms with Crippen LogP contribution < -0.4 is 5.32 Å². The number of amides is 3. The van der Waals surface area contributed by atoms with Crippen molar-refractivity contribution in [2.75, 3.05) is 26.2 Å². The molecule has 2 fully saturated rings. The summed E-state index contributed by atoms with van der Waals surface area (Å²) >= 11 is 11.9. The largest absolute Gasteiger partial charge is 0.338 e. The lowest BCUT2D eigenvalue weighted by Gasteiger charge is -2.35. The Bertz CT molecular complexity index is 888. The summed E-state index contributed by atoms with van der Waals surface area (Å²) in [6, 6.07) is 6.68. The molecule has 1 atom stereocenters. The van der Waals surface area contributed by atoms with E-state index in [-0.39, 0.29) is 18.0 Å². The zero-order chi connectivity index (χ0) is 20.3. The molecular formula is C20H20Cl2N4O2. The van der Waals surface area contributed by atoms with Gasteiger partial charge in [0.2, 0.25) is 5.91 Å². The second-order valence-electron chi connectivity index (χ2n) is 7.04. The second-order valence-corrected chi connectivity index (χ2v) is 7.86. The average molecular weight is 419 g/mol. The Morgan fingerprint density at radius 2 is 1.79 bits per heavy atom. The van der Waals surface area contributed by atoms with E-state index in [0.717, 1.165) is 0 Å². The first-order chi connectivity index (χ1) is 13.3. The zero-order valence-corrected chi connectivity index (χ0v) is 17.0.